The maximum Gasteiger partial charge on any atom is 0.298 e. The molecule has 23 heavy (non-hydrogen) atoms. The van der Waals surface area contributed by atoms with E-state index >= 15 is 0 Å². The van der Waals surface area contributed by atoms with Crippen molar-refractivity contribution in [3.05, 3.63) is 23.2 Å². The Morgan fingerprint density at radius 2 is 2.04 bits per heavy atom. The lowest BCUT2D eigenvalue weighted by Crippen LogP contribution is -2.46. The molecule has 1 aromatic heterocycles. The van der Waals surface area contributed by atoms with Crippen LogP contribution in [0.25, 0.3) is 11.1 Å². The van der Waals surface area contributed by atoms with Crippen molar-refractivity contribution in [2.75, 3.05) is 25.0 Å². The number of rotatable bonds is 3. The molecule has 122 valence electrons. The summed E-state index contributed by atoms with van der Waals surface area (Å²) in [4.78, 5) is 20.8. The van der Waals surface area contributed by atoms with Crippen molar-refractivity contribution >= 4 is 34.6 Å². The Bertz CT molecular complexity index is 733. The number of amides is 1. The van der Waals surface area contributed by atoms with Gasteiger partial charge < -0.3 is 14.2 Å². The lowest BCUT2D eigenvalue weighted by molar-refractivity contribution is -0.133. The van der Waals surface area contributed by atoms with Crippen molar-refractivity contribution in [1.29, 1.82) is 0 Å². The van der Waals surface area contributed by atoms with Crippen molar-refractivity contribution < 1.29 is 9.21 Å². The Hall–Kier alpha value is -1.75. The van der Waals surface area contributed by atoms with E-state index in [1.54, 1.807) is 6.07 Å². The number of carbonyl (C=O) groups excluding carboxylic acids is 1. The van der Waals surface area contributed by atoms with Crippen LogP contribution in [0.4, 0.5) is 6.01 Å². The van der Waals surface area contributed by atoms with E-state index in [9.17, 15) is 4.79 Å². The summed E-state index contributed by atoms with van der Waals surface area (Å²) >= 11 is 5.99. The third-order valence-electron chi connectivity index (χ3n) is 4.90. The van der Waals surface area contributed by atoms with Gasteiger partial charge in [0.05, 0.1) is 0 Å². The number of hydrogen-bond acceptors (Lipinski definition) is 4. The zero-order valence-electron chi connectivity index (χ0n) is 13.2. The van der Waals surface area contributed by atoms with Crippen molar-refractivity contribution in [1.82, 2.24) is 9.88 Å². The van der Waals surface area contributed by atoms with Gasteiger partial charge in [0.1, 0.15) is 5.52 Å². The minimum atomic E-state index is 0.291. The van der Waals surface area contributed by atoms with Crippen molar-refractivity contribution in [3.8, 4) is 0 Å². The number of aromatic nitrogens is 1. The Morgan fingerprint density at radius 3 is 2.74 bits per heavy atom. The summed E-state index contributed by atoms with van der Waals surface area (Å²) in [6.07, 6.45) is 4.03. The fourth-order valence-corrected chi connectivity index (χ4v) is 3.43. The molecule has 0 unspecified atom stereocenters. The van der Waals surface area contributed by atoms with Gasteiger partial charge >= 0.3 is 0 Å². The number of halogens is 1. The molecule has 1 saturated carbocycles. The van der Waals surface area contributed by atoms with Gasteiger partial charge in [0.15, 0.2) is 5.58 Å². The van der Waals surface area contributed by atoms with E-state index in [4.69, 9.17) is 16.0 Å². The molecular formula is C17H20ClN3O2. The third-order valence-corrected chi connectivity index (χ3v) is 5.13. The van der Waals surface area contributed by atoms with Gasteiger partial charge in [-0.05, 0) is 37.8 Å². The fraction of sp³-hybridized carbons (Fsp3) is 0.529. The topological polar surface area (TPSA) is 49.6 Å². The highest BCUT2D eigenvalue weighted by Crippen LogP contribution is 2.33. The minimum Gasteiger partial charge on any atom is -0.423 e. The van der Waals surface area contributed by atoms with E-state index in [0.717, 1.165) is 49.9 Å². The molecule has 5 nitrogen and oxygen atoms in total. The molecule has 0 N–H and O–H groups in total. The monoisotopic (exact) mass is 333 g/mol. The van der Waals surface area contributed by atoms with Crippen LogP contribution >= 0.6 is 11.6 Å². The molecule has 0 spiro atoms. The first kappa shape index (κ1) is 14.8. The summed E-state index contributed by atoms with van der Waals surface area (Å²) in [7, 11) is 1.95. The lowest BCUT2D eigenvalue weighted by Gasteiger charge is -2.36. The second-order valence-corrected chi connectivity index (χ2v) is 6.99. The van der Waals surface area contributed by atoms with Gasteiger partial charge in [0.25, 0.3) is 6.01 Å². The lowest BCUT2D eigenvalue weighted by atomic mass is 10.0. The standard InChI is InChI=1S/C17H20ClN3O2/c1-20(16(22)11-2-3-11)13-6-8-21(9-7-13)17-19-14-5-4-12(18)10-15(14)23-17/h4-5,10-11,13H,2-3,6-9H2,1H3. The third kappa shape index (κ3) is 2.90. The van der Waals surface area contributed by atoms with E-state index in [1.807, 2.05) is 24.1 Å². The number of piperidine rings is 1. The molecule has 6 heteroatoms. The van der Waals surface area contributed by atoms with Crippen molar-refractivity contribution in [3.63, 3.8) is 0 Å². The first-order valence-electron chi connectivity index (χ1n) is 8.19. The predicted octanol–water partition coefficient (Wildman–Crippen LogP) is 3.32. The number of nitrogens with zero attached hydrogens (tertiary/aromatic N) is 3. The molecule has 0 atom stereocenters. The molecule has 1 saturated heterocycles. The molecule has 0 radical (unpaired) electrons. The maximum absolute atomic E-state index is 12.2. The van der Waals surface area contributed by atoms with Crippen LogP contribution in [0.3, 0.4) is 0 Å². The predicted molar refractivity (Wildman–Crippen MR) is 89.7 cm³/mol. The Labute approximate surface area is 140 Å². The summed E-state index contributed by atoms with van der Waals surface area (Å²) in [5.41, 5.74) is 1.54. The normalized spacial score (nSPS) is 19.3. The summed E-state index contributed by atoms with van der Waals surface area (Å²) in [5.74, 6) is 0.611. The van der Waals surface area contributed by atoms with Crippen LogP contribution in [-0.2, 0) is 4.79 Å². The average Bonchev–Trinajstić information content (AvgIpc) is 3.33. The molecule has 4 rings (SSSR count). The van der Waals surface area contributed by atoms with Gasteiger partial charge in [0.2, 0.25) is 5.91 Å². The van der Waals surface area contributed by atoms with E-state index in [0.29, 0.717) is 28.9 Å². The number of oxazole rings is 1. The van der Waals surface area contributed by atoms with Crippen LogP contribution in [0.5, 0.6) is 0 Å². The van der Waals surface area contributed by atoms with E-state index in [1.165, 1.54) is 0 Å². The average molecular weight is 334 g/mol. The SMILES string of the molecule is CN(C(=O)C1CC1)C1CCN(c2nc3ccc(Cl)cc3o2)CC1. The minimum absolute atomic E-state index is 0.291. The first-order valence-corrected chi connectivity index (χ1v) is 8.57. The number of hydrogen-bond donors (Lipinski definition) is 0. The van der Waals surface area contributed by atoms with Crippen LogP contribution < -0.4 is 4.90 Å². The van der Waals surface area contributed by atoms with E-state index in [-0.39, 0.29) is 0 Å². The van der Waals surface area contributed by atoms with Gasteiger partial charge in [-0.3, -0.25) is 4.79 Å². The van der Waals surface area contributed by atoms with Gasteiger partial charge in [-0.2, -0.15) is 4.98 Å². The van der Waals surface area contributed by atoms with Crippen LogP contribution in [0.15, 0.2) is 22.6 Å². The number of benzene rings is 1. The van der Waals surface area contributed by atoms with Crippen LogP contribution in [-0.4, -0.2) is 42.0 Å². The Balaban J connectivity index is 1.42. The van der Waals surface area contributed by atoms with Crippen molar-refractivity contribution in [2.24, 2.45) is 5.92 Å². The Kier molecular flexibility index (Phi) is 3.68. The number of carbonyl (C=O) groups is 1. The van der Waals surface area contributed by atoms with Gasteiger partial charge in [0, 0.05) is 43.2 Å². The maximum atomic E-state index is 12.2. The summed E-state index contributed by atoms with van der Waals surface area (Å²) in [6, 6.07) is 6.47. The molecular weight excluding hydrogens is 314 g/mol. The molecule has 1 aliphatic heterocycles. The van der Waals surface area contributed by atoms with Gasteiger partial charge in [-0.25, -0.2) is 0 Å². The van der Waals surface area contributed by atoms with Gasteiger partial charge in [-0.15, -0.1) is 0 Å². The second-order valence-electron chi connectivity index (χ2n) is 6.55. The summed E-state index contributed by atoms with van der Waals surface area (Å²) < 4.78 is 5.83. The van der Waals surface area contributed by atoms with Crippen LogP contribution in [0, 0.1) is 5.92 Å². The highest BCUT2D eigenvalue weighted by molar-refractivity contribution is 6.31. The molecule has 0 bridgehead atoms. The fourth-order valence-electron chi connectivity index (χ4n) is 3.26. The molecule has 1 aromatic carbocycles. The smallest absolute Gasteiger partial charge is 0.298 e. The molecule has 2 heterocycles. The molecule has 1 amide bonds. The number of anilines is 1. The highest BCUT2D eigenvalue weighted by Gasteiger charge is 2.35. The van der Waals surface area contributed by atoms with Gasteiger partial charge in [-0.1, -0.05) is 11.6 Å². The zero-order valence-corrected chi connectivity index (χ0v) is 13.9. The van der Waals surface area contributed by atoms with E-state index in [2.05, 4.69) is 9.88 Å². The highest BCUT2D eigenvalue weighted by atomic mass is 35.5. The van der Waals surface area contributed by atoms with E-state index < -0.39 is 0 Å². The molecule has 2 aromatic rings. The Morgan fingerprint density at radius 1 is 1.30 bits per heavy atom. The largest absolute Gasteiger partial charge is 0.423 e. The summed E-state index contributed by atoms with van der Waals surface area (Å²) in [5, 5.41) is 0.652. The molecule has 2 aliphatic rings. The van der Waals surface area contributed by atoms with Crippen LogP contribution in [0.1, 0.15) is 25.7 Å². The molecule has 1 aliphatic carbocycles. The summed E-state index contributed by atoms with van der Waals surface area (Å²) in [6.45, 7) is 1.71. The zero-order chi connectivity index (χ0) is 16.0. The quantitative estimate of drug-likeness (QED) is 0.864. The number of fused-ring (bicyclic) bond motifs is 1. The molecule has 2 fully saturated rings. The van der Waals surface area contributed by atoms with Crippen LogP contribution in [0.2, 0.25) is 5.02 Å². The first-order chi connectivity index (χ1) is 11.1. The van der Waals surface area contributed by atoms with Crippen molar-refractivity contribution in [2.45, 2.75) is 31.7 Å². The second kappa shape index (κ2) is 5.71.